The first kappa shape index (κ1) is 34.7. The molecule has 0 aromatic heterocycles. The van der Waals surface area contributed by atoms with Crippen molar-refractivity contribution in [3.05, 3.63) is 130 Å². The molecule has 0 aliphatic rings. The Kier molecular flexibility index (Phi) is 11.7. The van der Waals surface area contributed by atoms with Gasteiger partial charge in [0.25, 0.3) is 10.0 Å². The van der Waals surface area contributed by atoms with Crippen LogP contribution in [-0.4, -0.2) is 43.8 Å². The number of benzene rings is 4. The van der Waals surface area contributed by atoms with Crippen LogP contribution in [0.2, 0.25) is 5.02 Å². The molecule has 0 radical (unpaired) electrons. The number of hydrogen-bond donors (Lipinski definition) is 1. The highest BCUT2D eigenvalue weighted by atomic mass is 35.5. The van der Waals surface area contributed by atoms with E-state index in [1.54, 1.807) is 60.7 Å². The number of anilines is 1. The quantitative estimate of drug-likeness (QED) is 0.167. The molecule has 4 aromatic rings. The summed E-state index contributed by atoms with van der Waals surface area (Å²) in [4.78, 5) is 30.1. The van der Waals surface area contributed by atoms with E-state index in [0.29, 0.717) is 17.1 Å². The van der Waals surface area contributed by atoms with Gasteiger partial charge in [0.15, 0.2) is 0 Å². The topological polar surface area (TPSA) is 86.8 Å². The summed E-state index contributed by atoms with van der Waals surface area (Å²) in [7, 11) is -4.17. The number of nitrogens with one attached hydrogen (secondary N) is 1. The molecule has 2 amide bonds. The third-order valence-electron chi connectivity index (χ3n) is 7.92. The van der Waals surface area contributed by atoms with Crippen LogP contribution in [-0.2, 0) is 32.6 Å². The van der Waals surface area contributed by atoms with E-state index in [2.05, 4.69) is 5.32 Å². The lowest BCUT2D eigenvalue weighted by Gasteiger charge is -2.34. The highest BCUT2D eigenvalue weighted by Crippen LogP contribution is 2.27. The number of carbonyl (C=O) groups excluding carboxylic acids is 2. The van der Waals surface area contributed by atoms with E-state index >= 15 is 0 Å². The minimum absolute atomic E-state index is 0.0738. The third kappa shape index (κ3) is 8.98. The molecular formula is C37H42ClN3O4S. The summed E-state index contributed by atoms with van der Waals surface area (Å²) in [5, 5.41) is 3.60. The maximum Gasteiger partial charge on any atom is 0.264 e. The molecule has 0 fully saturated rings. The van der Waals surface area contributed by atoms with E-state index < -0.39 is 28.5 Å². The first-order valence-corrected chi connectivity index (χ1v) is 17.2. The molecule has 0 aliphatic carbocycles. The summed E-state index contributed by atoms with van der Waals surface area (Å²) in [6.45, 7) is 9.12. The van der Waals surface area contributed by atoms with E-state index in [1.165, 1.54) is 4.90 Å². The lowest BCUT2D eigenvalue weighted by molar-refractivity contribution is -0.140. The van der Waals surface area contributed by atoms with Gasteiger partial charge in [-0.05, 0) is 92.8 Å². The van der Waals surface area contributed by atoms with Gasteiger partial charge in [-0.3, -0.25) is 13.9 Å². The Morgan fingerprint density at radius 2 is 1.41 bits per heavy atom. The molecule has 0 saturated carbocycles. The molecule has 0 spiro atoms. The van der Waals surface area contributed by atoms with Crippen molar-refractivity contribution in [3.63, 3.8) is 0 Å². The molecule has 4 rings (SSSR count). The number of nitrogens with zero attached hydrogens (tertiary/aromatic N) is 2. The standard InChI is InChI=1S/C37H42ClN3O4S/c1-6-29(5)39-37(43)35(23-30-10-8-7-9-11-30)40(24-31-14-16-32(38)17-15-31)36(42)25-41(33-21-27(3)20-28(4)22-33)46(44,45)34-18-12-26(2)13-19-34/h7-22,29,35H,6,23-25H2,1-5H3,(H,39,43)/t29-,35+/m0/s1. The summed E-state index contributed by atoms with van der Waals surface area (Å²) in [5.74, 6) is -0.815. The molecule has 0 unspecified atom stereocenters. The van der Waals surface area contributed by atoms with Gasteiger partial charge in [-0.15, -0.1) is 0 Å². The van der Waals surface area contributed by atoms with Gasteiger partial charge in [-0.25, -0.2) is 8.42 Å². The van der Waals surface area contributed by atoms with Crippen molar-refractivity contribution in [2.24, 2.45) is 0 Å². The number of halogens is 1. The average molecular weight is 660 g/mol. The maximum absolute atomic E-state index is 14.6. The largest absolute Gasteiger partial charge is 0.352 e. The molecular weight excluding hydrogens is 618 g/mol. The van der Waals surface area contributed by atoms with E-state index in [1.807, 2.05) is 71.0 Å². The Bertz CT molecular complexity index is 1720. The normalized spacial score (nSPS) is 12.7. The molecule has 0 aliphatic heterocycles. The molecule has 0 bridgehead atoms. The lowest BCUT2D eigenvalue weighted by Crippen LogP contribution is -2.54. The predicted octanol–water partition coefficient (Wildman–Crippen LogP) is 7.02. The van der Waals surface area contributed by atoms with Crippen LogP contribution in [0, 0.1) is 20.8 Å². The highest BCUT2D eigenvalue weighted by Gasteiger charge is 2.35. The first-order chi connectivity index (χ1) is 21.9. The van der Waals surface area contributed by atoms with Crippen LogP contribution in [0.5, 0.6) is 0 Å². The molecule has 2 atom stereocenters. The zero-order valence-electron chi connectivity index (χ0n) is 27.0. The molecule has 0 saturated heterocycles. The van der Waals surface area contributed by atoms with Gasteiger partial charge in [0.1, 0.15) is 12.6 Å². The number of hydrogen-bond acceptors (Lipinski definition) is 4. The minimum Gasteiger partial charge on any atom is -0.352 e. The molecule has 0 heterocycles. The lowest BCUT2D eigenvalue weighted by atomic mass is 10.0. The van der Waals surface area contributed by atoms with E-state index in [0.717, 1.165) is 32.1 Å². The number of amides is 2. The molecule has 1 N–H and O–H groups in total. The van der Waals surface area contributed by atoms with Gasteiger partial charge in [0.05, 0.1) is 10.6 Å². The highest BCUT2D eigenvalue weighted by molar-refractivity contribution is 7.92. The van der Waals surface area contributed by atoms with Crippen molar-refractivity contribution in [2.45, 2.75) is 71.0 Å². The van der Waals surface area contributed by atoms with Gasteiger partial charge in [0, 0.05) is 24.0 Å². The summed E-state index contributed by atoms with van der Waals surface area (Å²) >= 11 is 6.17. The number of aryl methyl sites for hydroxylation is 3. The monoisotopic (exact) mass is 659 g/mol. The molecule has 46 heavy (non-hydrogen) atoms. The average Bonchev–Trinajstić information content (AvgIpc) is 3.02. The van der Waals surface area contributed by atoms with Crippen LogP contribution < -0.4 is 9.62 Å². The summed E-state index contributed by atoms with van der Waals surface area (Å²) in [6.07, 6.45) is 0.959. The smallest absolute Gasteiger partial charge is 0.264 e. The second kappa shape index (κ2) is 15.4. The predicted molar refractivity (Wildman–Crippen MR) is 185 cm³/mol. The first-order valence-electron chi connectivity index (χ1n) is 15.4. The molecule has 9 heteroatoms. The Hall–Kier alpha value is -4.14. The molecule has 242 valence electrons. The fourth-order valence-corrected chi connectivity index (χ4v) is 6.77. The van der Waals surface area contributed by atoms with Crippen LogP contribution >= 0.6 is 11.6 Å². The van der Waals surface area contributed by atoms with Crippen molar-refractivity contribution >= 4 is 39.1 Å². The molecule has 7 nitrogen and oxygen atoms in total. The van der Waals surface area contributed by atoms with Crippen molar-refractivity contribution in [2.75, 3.05) is 10.8 Å². The van der Waals surface area contributed by atoms with Crippen molar-refractivity contribution < 1.29 is 18.0 Å². The van der Waals surface area contributed by atoms with Crippen molar-refractivity contribution in [1.82, 2.24) is 10.2 Å². The Morgan fingerprint density at radius 1 is 0.804 bits per heavy atom. The zero-order valence-corrected chi connectivity index (χ0v) is 28.6. The van der Waals surface area contributed by atoms with E-state index in [4.69, 9.17) is 11.6 Å². The summed E-state index contributed by atoms with van der Waals surface area (Å²) in [6, 6.07) is 27.6. The molecule has 4 aromatic carbocycles. The van der Waals surface area contributed by atoms with Gasteiger partial charge >= 0.3 is 0 Å². The van der Waals surface area contributed by atoms with Crippen LogP contribution in [0.4, 0.5) is 5.69 Å². The minimum atomic E-state index is -4.17. The number of rotatable bonds is 13. The van der Waals surface area contributed by atoms with Gasteiger partial charge in [0.2, 0.25) is 11.8 Å². The van der Waals surface area contributed by atoms with E-state index in [-0.39, 0.29) is 29.8 Å². The Labute approximate surface area is 278 Å². The van der Waals surface area contributed by atoms with Gasteiger partial charge < -0.3 is 10.2 Å². The fraction of sp³-hybridized carbons (Fsp3) is 0.297. The van der Waals surface area contributed by atoms with Crippen LogP contribution in [0.15, 0.2) is 102 Å². The fourth-order valence-electron chi connectivity index (χ4n) is 5.24. The third-order valence-corrected chi connectivity index (χ3v) is 9.96. The Balaban J connectivity index is 1.83. The van der Waals surface area contributed by atoms with E-state index in [9.17, 15) is 18.0 Å². The van der Waals surface area contributed by atoms with Crippen LogP contribution in [0.1, 0.15) is 48.1 Å². The van der Waals surface area contributed by atoms with Gasteiger partial charge in [-0.1, -0.05) is 84.8 Å². The number of carbonyl (C=O) groups is 2. The van der Waals surface area contributed by atoms with Crippen LogP contribution in [0.25, 0.3) is 0 Å². The van der Waals surface area contributed by atoms with Crippen molar-refractivity contribution in [1.29, 1.82) is 0 Å². The summed E-state index contributed by atoms with van der Waals surface area (Å²) in [5.41, 5.74) is 4.64. The maximum atomic E-state index is 14.6. The van der Waals surface area contributed by atoms with Gasteiger partial charge in [-0.2, -0.15) is 0 Å². The van der Waals surface area contributed by atoms with Crippen LogP contribution in [0.3, 0.4) is 0 Å². The second-order valence-corrected chi connectivity index (χ2v) is 14.1. The zero-order chi connectivity index (χ0) is 33.4. The second-order valence-electron chi connectivity index (χ2n) is 11.8. The Morgan fingerprint density at radius 3 is 2.00 bits per heavy atom. The summed E-state index contributed by atoms with van der Waals surface area (Å²) < 4.78 is 29.7. The SMILES string of the molecule is CC[C@H](C)NC(=O)[C@@H](Cc1ccccc1)N(Cc1ccc(Cl)cc1)C(=O)CN(c1cc(C)cc(C)c1)S(=O)(=O)c1ccc(C)cc1. The van der Waals surface area contributed by atoms with Crippen molar-refractivity contribution in [3.8, 4) is 0 Å². The number of sulfonamides is 1.